The number of hydrogen-bond donors (Lipinski definition) is 1. The van der Waals surface area contributed by atoms with Crippen LogP contribution in [-0.4, -0.2) is 5.91 Å². The summed E-state index contributed by atoms with van der Waals surface area (Å²) in [6, 6.07) is 17.8. The molecule has 0 aliphatic heterocycles. The van der Waals surface area contributed by atoms with E-state index in [4.69, 9.17) is 4.42 Å². The number of fused-ring (bicyclic) bond motifs is 2. The highest BCUT2D eigenvalue weighted by atomic mass is 19.4. The molecule has 4 aromatic rings. The maximum absolute atomic E-state index is 13.3. The van der Waals surface area contributed by atoms with Gasteiger partial charge in [0.2, 0.25) is 5.91 Å². The van der Waals surface area contributed by atoms with Crippen LogP contribution in [-0.2, 0) is 30.2 Å². The minimum Gasteiger partial charge on any atom is -0.422 e. The van der Waals surface area contributed by atoms with Gasteiger partial charge >= 0.3 is 11.8 Å². The van der Waals surface area contributed by atoms with Gasteiger partial charge in [0.25, 0.3) is 0 Å². The molecule has 0 spiro atoms. The summed E-state index contributed by atoms with van der Waals surface area (Å²) in [5, 5.41) is 3.03. The van der Waals surface area contributed by atoms with Gasteiger partial charge in [0, 0.05) is 10.9 Å². The van der Waals surface area contributed by atoms with Crippen molar-refractivity contribution in [3.63, 3.8) is 0 Å². The topological polar surface area (TPSA) is 59.3 Å². The maximum Gasteiger partial charge on any atom is 0.418 e. The molecule has 0 unspecified atom stereocenters. The number of amides is 1. The molecule has 1 aliphatic rings. The molecule has 1 amide bonds. The molecule has 0 radical (unpaired) electrons. The van der Waals surface area contributed by atoms with Crippen LogP contribution in [0.5, 0.6) is 0 Å². The molecular formula is C27H20F3NO3. The van der Waals surface area contributed by atoms with Crippen molar-refractivity contribution in [1.82, 2.24) is 0 Å². The predicted octanol–water partition coefficient (Wildman–Crippen LogP) is 6.15. The SMILES string of the molecule is O=C(Cc1c(-c2ccccc2)c2cc3c(cc2oc1=O)CCC3)Nc1ccccc1C(F)(F)F. The highest BCUT2D eigenvalue weighted by Crippen LogP contribution is 2.36. The summed E-state index contributed by atoms with van der Waals surface area (Å²) in [4.78, 5) is 25.9. The van der Waals surface area contributed by atoms with Crippen LogP contribution in [0, 0.1) is 0 Å². The fourth-order valence-electron chi connectivity index (χ4n) is 4.60. The Morgan fingerprint density at radius 3 is 2.35 bits per heavy atom. The number of halogens is 3. The van der Waals surface area contributed by atoms with Crippen LogP contribution in [0.4, 0.5) is 18.9 Å². The van der Waals surface area contributed by atoms with Gasteiger partial charge < -0.3 is 9.73 Å². The molecule has 172 valence electrons. The molecule has 0 saturated heterocycles. The lowest BCUT2D eigenvalue weighted by Crippen LogP contribution is -2.22. The highest BCUT2D eigenvalue weighted by Gasteiger charge is 2.33. The normalized spacial score (nSPS) is 13.1. The largest absolute Gasteiger partial charge is 0.422 e. The molecule has 7 heteroatoms. The van der Waals surface area contributed by atoms with Crippen LogP contribution in [0.3, 0.4) is 0 Å². The third kappa shape index (κ3) is 4.09. The van der Waals surface area contributed by atoms with Gasteiger partial charge in [-0.2, -0.15) is 13.2 Å². The Bertz CT molecular complexity index is 1460. The number of nitrogens with one attached hydrogen (secondary N) is 1. The fourth-order valence-corrected chi connectivity index (χ4v) is 4.60. The minimum absolute atomic E-state index is 0.110. The quantitative estimate of drug-likeness (QED) is 0.370. The number of para-hydroxylation sites is 1. The lowest BCUT2D eigenvalue weighted by atomic mass is 9.93. The highest BCUT2D eigenvalue weighted by molar-refractivity contribution is 5.99. The zero-order valence-electron chi connectivity index (χ0n) is 18.0. The third-order valence-corrected chi connectivity index (χ3v) is 6.12. The summed E-state index contributed by atoms with van der Waals surface area (Å²) < 4.78 is 45.6. The van der Waals surface area contributed by atoms with Crippen LogP contribution in [0.15, 0.2) is 75.9 Å². The standard InChI is InChI=1S/C27H20F3NO3/c28-27(29,30)21-11-4-5-12-22(21)31-24(32)15-20-25(16-7-2-1-3-8-16)19-13-17-9-6-10-18(17)14-23(19)34-26(20)33/h1-5,7-8,11-14H,6,9-10,15H2,(H,31,32). The molecule has 0 atom stereocenters. The van der Waals surface area contributed by atoms with Crippen molar-refractivity contribution in [2.24, 2.45) is 0 Å². The van der Waals surface area contributed by atoms with Gasteiger partial charge in [0.15, 0.2) is 0 Å². The predicted molar refractivity (Wildman–Crippen MR) is 124 cm³/mol. The van der Waals surface area contributed by atoms with Crippen molar-refractivity contribution in [2.45, 2.75) is 31.9 Å². The molecule has 1 aliphatic carbocycles. The molecule has 0 bridgehead atoms. The first-order chi connectivity index (χ1) is 16.3. The van der Waals surface area contributed by atoms with Crippen LogP contribution < -0.4 is 10.9 Å². The average Bonchev–Trinajstić information content (AvgIpc) is 3.26. The average molecular weight is 463 g/mol. The van der Waals surface area contributed by atoms with Crippen molar-refractivity contribution >= 4 is 22.6 Å². The van der Waals surface area contributed by atoms with E-state index in [1.54, 1.807) is 0 Å². The van der Waals surface area contributed by atoms with Crippen LogP contribution in [0.1, 0.15) is 28.7 Å². The van der Waals surface area contributed by atoms with E-state index in [0.29, 0.717) is 16.5 Å². The summed E-state index contributed by atoms with van der Waals surface area (Å²) in [5.41, 5.74) is 2.19. The summed E-state index contributed by atoms with van der Waals surface area (Å²) in [6.45, 7) is 0. The molecule has 4 nitrogen and oxygen atoms in total. The molecule has 3 aromatic carbocycles. The monoisotopic (exact) mass is 463 g/mol. The van der Waals surface area contributed by atoms with Crippen molar-refractivity contribution in [2.75, 3.05) is 5.32 Å². The van der Waals surface area contributed by atoms with E-state index in [-0.39, 0.29) is 11.3 Å². The van der Waals surface area contributed by atoms with Gasteiger partial charge in [-0.15, -0.1) is 0 Å². The summed E-state index contributed by atoms with van der Waals surface area (Å²) in [5.74, 6) is -0.735. The molecule has 5 rings (SSSR count). The van der Waals surface area contributed by atoms with Gasteiger partial charge in [-0.25, -0.2) is 4.79 Å². The Kier molecular flexibility index (Phi) is 5.48. The summed E-state index contributed by atoms with van der Waals surface area (Å²) >= 11 is 0. The second-order valence-corrected chi connectivity index (χ2v) is 8.35. The Balaban J connectivity index is 1.60. The number of hydrogen-bond acceptors (Lipinski definition) is 3. The Labute approximate surface area is 193 Å². The molecule has 1 heterocycles. The van der Waals surface area contributed by atoms with Gasteiger partial charge in [0.05, 0.1) is 23.2 Å². The minimum atomic E-state index is -4.62. The second-order valence-electron chi connectivity index (χ2n) is 8.35. The van der Waals surface area contributed by atoms with E-state index in [1.807, 2.05) is 42.5 Å². The van der Waals surface area contributed by atoms with E-state index >= 15 is 0 Å². The van der Waals surface area contributed by atoms with Crippen molar-refractivity contribution in [3.8, 4) is 11.1 Å². The molecule has 0 saturated carbocycles. The van der Waals surface area contributed by atoms with Gasteiger partial charge in [-0.3, -0.25) is 4.79 Å². The van der Waals surface area contributed by atoms with Gasteiger partial charge in [0.1, 0.15) is 5.58 Å². The zero-order chi connectivity index (χ0) is 23.9. The van der Waals surface area contributed by atoms with E-state index in [2.05, 4.69) is 5.32 Å². The lowest BCUT2D eigenvalue weighted by Gasteiger charge is -2.15. The number of carbonyl (C=O) groups is 1. The summed E-state index contributed by atoms with van der Waals surface area (Å²) in [6.07, 6.45) is -2.20. The van der Waals surface area contributed by atoms with E-state index in [1.165, 1.54) is 23.8 Å². The Hall–Kier alpha value is -3.87. The van der Waals surface area contributed by atoms with Crippen molar-refractivity contribution in [3.05, 3.63) is 99.4 Å². The number of benzene rings is 3. The van der Waals surface area contributed by atoms with Crippen LogP contribution >= 0.6 is 0 Å². The molecule has 1 aromatic heterocycles. The first kappa shape index (κ1) is 21.9. The van der Waals surface area contributed by atoms with E-state index in [0.717, 1.165) is 36.5 Å². The molecule has 34 heavy (non-hydrogen) atoms. The number of aryl methyl sites for hydroxylation is 2. The van der Waals surface area contributed by atoms with Gasteiger partial charge in [-0.05, 0) is 60.2 Å². The van der Waals surface area contributed by atoms with Gasteiger partial charge in [-0.1, -0.05) is 42.5 Å². The maximum atomic E-state index is 13.3. The van der Waals surface area contributed by atoms with E-state index in [9.17, 15) is 22.8 Å². The van der Waals surface area contributed by atoms with Crippen LogP contribution in [0.25, 0.3) is 22.1 Å². The molecule has 1 N–H and O–H groups in total. The smallest absolute Gasteiger partial charge is 0.418 e. The number of rotatable bonds is 4. The first-order valence-electron chi connectivity index (χ1n) is 10.9. The van der Waals surface area contributed by atoms with Crippen molar-refractivity contribution < 1.29 is 22.4 Å². The Morgan fingerprint density at radius 1 is 0.941 bits per heavy atom. The number of alkyl halides is 3. The first-order valence-corrected chi connectivity index (χ1v) is 10.9. The Morgan fingerprint density at radius 2 is 1.62 bits per heavy atom. The second kappa shape index (κ2) is 8.48. The zero-order valence-corrected chi connectivity index (χ0v) is 18.0. The third-order valence-electron chi connectivity index (χ3n) is 6.12. The fraction of sp³-hybridized carbons (Fsp3) is 0.185. The molecule has 0 fully saturated rings. The van der Waals surface area contributed by atoms with E-state index < -0.39 is 29.7 Å². The van der Waals surface area contributed by atoms with Crippen LogP contribution in [0.2, 0.25) is 0 Å². The number of anilines is 1. The number of carbonyl (C=O) groups excluding carboxylic acids is 1. The summed E-state index contributed by atoms with van der Waals surface area (Å²) in [7, 11) is 0. The lowest BCUT2D eigenvalue weighted by molar-refractivity contribution is -0.137. The van der Waals surface area contributed by atoms with Crippen molar-refractivity contribution in [1.29, 1.82) is 0 Å². The molecular weight excluding hydrogens is 443 g/mol.